The number of nitrogens with one attached hydrogen (secondary N) is 1. The van der Waals surface area contributed by atoms with Crippen molar-refractivity contribution in [3.63, 3.8) is 0 Å². The molecule has 3 rings (SSSR count). The first-order valence-corrected chi connectivity index (χ1v) is 9.69. The first kappa shape index (κ1) is 20.6. The highest BCUT2D eigenvalue weighted by molar-refractivity contribution is 5.93. The number of aromatic hydroxyl groups is 1. The summed E-state index contributed by atoms with van der Waals surface area (Å²) in [5.41, 5.74) is 3.28. The van der Waals surface area contributed by atoms with Gasteiger partial charge in [-0.15, -0.1) is 0 Å². The van der Waals surface area contributed by atoms with Crippen molar-refractivity contribution in [2.75, 3.05) is 11.9 Å². The molecule has 0 aromatic heterocycles. The summed E-state index contributed by atoms with van der Waals surface area (Å²) < 4.78 is 5.99. The van der Waals surface area contributed by atoms with Crippen LogP contribution < -0.4 is 5.32 Å². The maximum absolute atomic E-state index is 12.5. The number of benzene rings is 3. The summed E-state index contributed by atoms with van der Waals surface area (Å²) in [6, 6.07) is 24.9. The monoisotopic (exact) mass is 389 g/mol. The van der Waals surface area contributed by atoms with Crippen molar-refractivity contribution in [2.24, 2.45) is 0 Å². The van der Waals surface area contributed by atoms with Gasteiger partial charge in [-0.05, 0) is 34.2 Å². The van der Waals surface area contributed by atoms with Crippen molar-refractivity contribution < 1.29 is 14.6 Å². The van der Waals surface area contributed by atoms with E-state index in [2.05, 4.69) is 26.1 Å². The Balaban J connectivity index is 1.73. The van der Waals surface area contributed by atoms with Crippen LogP contribution in [0.1, 0.15) is 43.6 Å². The molecule has 0 aliphatic carbocycles. The molecule has 1 amide bonds. The lowest BCUT2D eigenvalue weighted by Gasteiger charge is -2.21. The van der Waals surface area contributed by atoms with Gasteiger partial charge in [0.15, 0.2) is 0 Å². The second kappa shape index (κ2) is 8.93. The second-order valence-electron chi connectivity index (χ2n) is 8.04. The molecule has 3 aromatic rings. The lowest BCUT2D eigenvalue weighted by Crippen LogP contribution is -2.21. The van der Waals surface area contributed by atoms with Gasteiger partial charge in [-0.2, -0.15) is 0 Å². The highest BCUT2D eigenvalue weighted by atomic mass is 16.5. The zero-order valence-corrected chi connectivity index (χ0v) is 17.1. The van der Waals surface area contributed by atoms with E-state index < -0.39 is 0 Å². The average molecular weight is 389 g/mol. The summed E-state index contributed by atoms with van der Waals surface area (Å²) in [6.07, 6.45) is -0.349. The summed E-state index contributed by atoms with van der Waals surface area (Å²) >= 11 is 0. The minimum absolute atomic E-state index is 0.0361. The van der Waals surface area contributed by atoms with Crippen LogP contribution in [0.25, 0.3) is 0 Å². The number of rotatable bonds is 6. The second-order valence-corrected chi connectivity index (χ2v) is 8.04. The molecule has 0 atom stereocenters. The van der Waals surface area contributed by atoms with Crippen molar-refractivity contribution in [3.05, 3.63) is 95.6 Å². The van der Waals surface area contributed by atoms with E-state index in [0.29, 0.717) is 5.69 Å². The predicted molar refractivity (Wildman–Crippen MR) is 116 cm³/mol. The third-order valence-corrected chi connectivity index (χ3v) is 4.72. The fraction of sp³-hybridized carbons (Fsp3) is 0.240. The van der Waals surface area contributed by atoms with Gasteiger partial charge in [-0.25, -0.2) is 0 Å². The zero-order valence-electron chi connectivity index (χ0n) is 17.1. The van der Waals surface area contributed by atoms with Gasteiger partial charge in [0.05, 0.1) is 5.69 Å². The summed E-state index contributed by atoms with van der Waals surface area (Å²) in [7, 11) is 0. The Labute approximate surface area is 172 Å². The third kappa shape index (κ3) is 5.46. The maximum Gasteiger partial charge on any atom is 0.250 e. The smallest absolute Gasteiger partial charge is 0.250 e. The molecule has 0 aliphatic rings. The van der Waals surface area contributed by atoms with Crippen LogP contribution in [-0.2, 0) is 14.9 Å². The highest BCUT2D eigenvalue weighted by Gasteiger charge is 2.19. The molecule has 0 saturated carbocycles. The van der Waals surface area contributed by atoms with Crippen molar-refractivity contribution in [1.29, 1.82) is 0 Å². The van der Waals surface area contributed by atoms with Gasteiger partial charge in [0.1, 0.15) is 18.5 Å². The minimum atomic E-state index is -0.349. The van der Waals surface area contributed by atoms with Gasteiger partial charge in [0.2, 0.25) is 0 Å². The summed E-state index contributed by atoms with van der Waals surface area (Å²) in [6.45, 7) is 6.11. The van der Waals surface area contributed by atoms with Crippen LogP contribution in [0, 0.1) is 0 Å². The minimum Gasteiger partial charge on any atom is -0.506 e. The SMILES string of the molecule is CC(C)(C)c1ccc(O)c(NC(=O)COC(c2ccccc2)c2ccccc2)c1. The Morgan fingerprint density at radius 1 is 0.931 bits per heavy atom. The molecule has 0 fully saturated rings. The van der Waals surface area contributed by atoms with Crippen molar-refractivity contribution in [2.45, 2.75) is 32.3 Å². The molecule has 0 aliphatic heterocycles. The fourth-order valence-corrected chi connectivity index (χ4v) is 3.09. The molecule has 0 heterocycles. The van der Waals surface area contributed by atoms with E-state index in [0.717, 1.165) is 16.7 Å². The van der Waals surface area contributed by atoms with Crippen molar-refractivity contribution in [1.82, 2.24) is 0 Å². The summed E-state index contributed by atoms with van der Waals surface area (Å²) in [5.74, 6) is -0.280. The van der Waals surface area contributed by atoms with Crippen LogP contribution in [0.2, 0.25) is 0 Å². The molecule has 29 heavy (non-hydrogen) atoms. The summed E-state index contributed by atoms with van der Waals surface area (Å²) in [4.78, 5) is 12.5. The first-order chi connectivity index (χ1) is 13.8. The maximum atomic E-state index is 12.5. The number of amides is 1. The molecule has 0 saturated heterocycles. The van der Waals surface area contributed by atoms with E-state index in [9.17, 15) is 9.90 Å². The summed E-state index contributed by atoms with van der Waals surface area (Å²) in [5, 5.41) is 12.9. The van der Waals surface area contributed by atoms with Crippen LogP contribution in [-0.4, -0.2) is 17.6 Å². The van der Waals surface area contributed by atoms with Crippen LogP contribution in [0.15, 0.2) is 78.9 Å². The van der Waals surface area contributed by atoms with E-state index in [1.54, 1.807) is 12.1 Å². The number of ether oxygens (including phenoxy) is 1. The van der Waals surface area contributed by atoms with Gasteiger partial charge in [-0.1, -0.05) is 87.5 Å². The molecule has 150 valence electrons. The largest absolute Gasteiger partial charge is 0.506 e. The van der Waals surface area contributed by atoms with E-state index in [4.69, 9.17) is 4.74 Å². The molecule has 4 heteroatoms. The molecule has 0 spiro atoms. The Morgan fingerprint density at radius 3 is 2.00 bits per heavy atom. The Bertz CT molecular complexity index is 907. The predicted octanol–water partition coefficient (Wildman–Crippen LogP) is 5.43. The van der Waals surface area contributed by atoms with Gasteiger partial charge in [-0.3, -0.25) is 4.79 Å². The van der Waals surface area contributed by atoms with Gasteiger partial charge in [0, 0.05) is 0 Å². The van der Waals surface area contributed by atoms with Crippen molar-refractivity contribution in [3.8, 4) is 5.75 Å². The van der Waals surface area contributed by atoms with Crippen LogP contribution in [0.5, 0.6) is 5.75 Å². The van der Waals surface area contributed by atoms with Crippen LogP contribution >= 0.6 is 0 Å². The zero-order chi connectivity index (χ0) is 20.9. The van der Waals surface area contributed by atoms with Gasteiger partial charge < -0.3 is 15.2 Å². The third-order valence-electron chi connectivity index (χ3n) is 4.72. The highest BCUT2D eigenvalue weighted by Crippen LogP contribution is 2.31. The van der Waals surface area contributed by atoms with Crippen LogP contribution in [0.3, 0.4) is 0 Å². The van der Waals surface area contributed by atoms with E-state index in [-0.39, 0.29) is 29.8 Å². The van der Waals surface area contributed by atoms with Gasteiger partial charge >= 0.3 is 0 Å². The number of carbonyl (C=O) groups is 1. The number of phenolic OH excluding ortho intramolecular Hbond substituents is 1. The average Bonchev–Trinajstić information content (AvgIpc) is 2.70. The quantitative estimate of drug-likeness (QED) is 0.552. The van der Waals surface area contributed by atoms with E-state index in [1.807, 2.05) is 66.7 Å². The number of phenols is 1. The van der Waals surface area contributed by atoms with E-state index in [1.165, 1.54) is 0 Å². The van der Waals surface area contributed by atoms with Gasteiger partial charge in [0.25, 0.3) is 5.91 Å². The number of carbonyl (C=O) groups excluding carboxylic acids is 1. The number of hydrogen-bond acceptors (Lipinski definition) is 3. The number of hydrogen-bond donors (Lipinski definition) is 2. The Hall–Kier alpha value is -3.11. The molecular formula is C25H27NO3. The lowest BCUT2D eigenvalue weighted by molar-refractivity contribution is -0.121. The molecule has 4 nitrogen and oxygen atoms in total. The molecule has 3 aromatic carbocycles. The normalized spacial score (nSPS) is 11.4. The fourth-order valence-electron chi connectivity index (χ4n) is 3.09. The number of anilines is 1. The topological polar surface area (TPSA) is 58.6 Å². The first-order valence-electron chi connectivity index (χ1n) is 9.69. The molecule has 0 radical (unpaired) electrons. The molecule has 2 N–H and O–H groups in total. The molecule has 0 unspecified atom stereocenters. The lowest BCUT2D eigenvalue weighted by atomic mass is 9.87. The Morgan fingerprint density at radius 2 is 1.48 bits per heavy atom. The Kier molecular flexibility index (Phi) is 6.35. The van der Waals surface area contributed by atoms with E-state index >= 15 is 0 Å². The van der Waals surface area contributed by atoms with Crippen molar-refractivity contribution >= 4 is 11.6 Å². The molecular weight excluding hydrogens is 362 g/mol. The molecule has 0 bridgehead atoms. The standard InChI is InChI=1S/C25H27NO3/c1-25(2,3)20-14-15-22(27)21(16-20)26-23(28)17-29-24(18-10-6-4-7-11-18)19-12-8-5-9-13-19/h4-16,24,27H,17H2,1-3H3,(H,26,28). The van der Waals surface area contributed by atoms with Crippen LogP contribution in [0.4, 0.5) is 5.69 Å².